The van der Waals surface area contributed by atoms with E-state index >= 15 is 0 Å². The maximum atomic E-state index is 14.8. The first-order valence-electron chi connectivity index (χ1n) is 39.7. The van der Waals surface area contributed by atoms with E-state index < -0.39 is 244 Å². The van der Waals surface area contributed by atoms with Crippen LogP contribution in [0.3, 0.4) is 0 Å². The van der Waals surface area contributed by atoms with Crippen molar-refractivity contribution in [1.29, 1.82) is 0 Å². The number of carboxylic acid groups (broad SMARTS) is 1. The second-order valence-electron chi connectivity index (χ2n) is 35.2. The Kier molecular flexibility index (Phi) is 33.1. The second kappa shape index (κ2) is 40.0. The molecule has 0 saturated carbocycles. The number of likely N-dealkylation sites (tertiary alicyclic amines) is 3. The molecule has 3 saturated heterocycles. The van der Waals surface area contributed by atoms with Gasteiger partial charge in [0.1, 0.15) is 86.6 Å². The van der Waals surface area contributed by atoms with Crippen molar-refractivity contribution in [3.8, 4) is 0 Å². The van der Waals surface area contributed by atoms with Crippen molar-refractivity contribution >= 4 is 106 Å². The zero-order chi connectivity index (χ0) is 90.2. The molecule has 38 heteroatoms. The molecule has 0 aliphatic carbocycles. The lowest BCUT2D eigenvalue weighted by molar-refractivity contribution is -0.149. The molecule has 658 valence electrons. The number of benzene rings is 2. The molecule has 18 N–H and O–H groups in total. The first kappa shape index (κ1) is 98.4. The van der Waals surface area contributed by atoms with Crippen LogP contribution in [0.1, 0.15) is 194 Å². The summed E-state index contributed by atoms with van der Waals surface area (Å²) in [6.07, 6.45) is -3.78. The van der Waals surface area contributed by atoms with Crippen LogP contribution in [0.15, 0.2) is 60.7 Å². The summed E-state index contributed by atoms with van der Waals surface area (Å²) in [5.41, 5.74) is -7.40. The van der Waals surface area contributed by atoms with E-state index in [1.165, 1.54) is 123 Å². The SMILES string of the molecule is CC[C@](C)(NC(=O)[C@H](CCC(N)=O)NC(=O)[C@@H]1C[C@@H](O)CN1C(=O)C(C)(C)NC(=O)C(C)(C)NC(=O)[C@H](CC(C)C)NC(=O)CNC(=O)C(C)(C)NC(=O)C(C)(C)NC(=O)C(C)(C)NC(=O)C(C)(C)NC(=O)[C@H](Cc1ccccc1)NC(C)=O)C(=O)N1C[C@H](O)C[C@H]1C(=O)NC(C)(C)C(=O)N1CCC[C@H]1C(=O)N[C@@H](Cc1ccccc1)C(=O)O. The van der Waals surface area contributed by atoms with Gasteiger partial charge in [0.25, 0.3) is 0 Å². The second-order valence-corrected chi connectivity index (χ2v) is 35.2. The summed E-state index contributed by atoms with van der Waals surface area (Å²) < 4.78 is 0. The first-order valence-corrected chi connectivity index (χ1v) is 39.7. The Morgan fingerprint density at radius 2 is 0.849 bits per heavy atom. The van der Waals surface area contributed by atoms with E-state index in [9.17, 15) is 102 Å². The number of nitrogens with one attached hydrogen (secondary N) is 13. The zero-order valence-electron chi connectivity index (χ0n) is 71.6. The van der Waals surface area contributed by atoms with Crippen LogP contribution in [0.5, 0.6) is 0 Å². The Balaban J connectivity index is 1.18. The molecule has 38 nitrogen and oxygen atoms in total. The Hall–Kier alpha value is -11.2. The number of aliphatic hydroxyl groups excluding tert-OH is 2. The first-order chi connectivity index (χ1) is 54.8. The van der Waals surface area contributed by atoms with Gasteiger partial charge in [-0.1, -0.05) is 81.4 Å². The third-order valence-electron chi connectivity index (χ3n) is 21.0. The summed E-state index contributed by atoms with van der Waals surface area (Å²) in [6, 6.07) is 8.06. The predicted octanol–water partition coefficient (Wildman–Crippen LogP) is -2.59. The summed E-state index contributed by atoms with van der Waals surface area (Å²) in [5.74, 6) is -15.8. The highest BCUT2D eigenvalue weighted by molar-refractivity contribution is 6.04. The fourth-order valence-corrected chi connectivity index (χ4v) is 13.7. The predicted molar refractivity (Wildman–Crippen MR) is 432 cm³/mol. The minimum absolute atomic E-state index is 0.00126. The van der Waals surface area contributed by atoms with Gasteiger partial charge >= 0.3 is 5.97 Å². The van der Waals surface area contributed by atoms with Gasteiger partial charge in [0.15, 0.2) is 0 Å². The molecular weight excluding hydrogens is 1550 g/mol. The zero-order valence-corrected chi connectivity index (χ0v) is 71.6. The monoisotopic (exact) mass is 1670 g/mol. The highest BCUT2D eigenvalue weighted by Gasteiger charge is 2.52. The average molecular weight is 1670 g/mol. The van der Waals surface area contributed by atoms with E-state index in [0.717, 1.165) is 15.4 Å². The molecule has 3 fully saturated rings. The molecule has 3 heterocycles. The molecule has 2 aromatic carbocycles. The lowest BCUT2D eigenvalue weighted by Crippen LogP contribution is -2.68. The maximum absolute atomic E-state index is 14.8. The lowest BCUT2D eigenvalue weighted by Gasteiger charge is -2.38. The summed E-state index contributed by atoms with van der Waals surface area (Å²) in [6.45, 7) is 24.8. The topological polar surface area (TPSA) is 560 Å². The number of primary amides is 1. The van der Waals surface area contributed by atoms with Crippen LogP contribution in [-0.2, 0) is 99.1 Å². The third-order valence-corrected chi connectivity index (χ3v) is 21.0. The van der Waals surface area contributed by atoms with Crippen LogP contribution in [0, 0.1) is 5.92 Å². The minimum Gasteiger partial charge on any atom is -0.480 e. The van der Waals surface area contributed by atoms with Gasteiger partial charge in [-0.25, -0.2) is 4.79 Å². The highest BCUT2D eigenvalue weighted by atomic mass is 16.4. The smallest absolute Gasteiger partial charge is 0.326 e. The molecule has 0 radical (unpaired) electrons. The number of hydrogen-bond donors (Lipinski definition) is 17. The van der Waals surface area contributed by atoms with E-state index in [-0.39, 0.29) is 51.0 Å². The van der Waals surface area contributed by atoms with Gasteiger partial charge in [0.2, 0.25) is 100 Å². The number of nitrogens with two attached hydrogens (primary N) is 1. The van der Waals surface area contributed by atoms with Gasteiger partial charge in [-0.05, 0) is 153 Å². The number of aliphatic hydroxyl groups is 2. The number of nitrogens with zero attached hydrogens (tertiary/aromatic N) is 3. The summed E-state index contributed by atoms with van der Waals surface area (Å²) in [4.78, 5) is 251. The molecular formula is C81H123N17O21. The standard InChI is InChI=1S/C81H123N17O21/c1-20-81(19,73(119)98-43-49(101)40-56(98)64(109)90-79(15,16)71(117)96-35-27-32-54(96)62(107)87-53(65(110)111)38-47-30-25-22-26-31-47)91-59(104)50(33-34-57(82)102)86-63(108)55-39-48(100)42-97(55)72(118)80(17,18)95-68(114)76(9,10)88-60(105)51(36-44(2)3)85-58(103)41-83-66(112)74(5,6)92-69(115)77(11,12)94-70(116)78(13,14)93-67(113)75(7,8)89-61(106)52(84-45(4)99)37-46-28-23-21-24-29-46/h21-26,28-31,44,48-56,100-101H,20,27,32-43H2,1-19H3,(H2,82,102)(H,83,112)(H,84,99)(H,85,103)(H,86,108)(H,87,107)(H,88,105)(H,89,106)(H,90,109)(H,91,104)(H,92,115)(H,93,113)(H,94,116)(H,95,114)(H,110,111)/t48-,49-,50+,51+,52+,53+,54+,55+,56+,81+/m1/s1. The Bertz CT molecular complexity index is 4150. The van der Waals surface area contributed by atoms with Crippen molar-refractivity contribution in [2.45, 2.75) is 295 Å². The summed E-state index contributed by atoms with van der Waals surface area (Å²) in [5, 5.41) is 65.4. The quantitative estimate of drug-likeness (QED) is 0.0326. The third kappa shape index (κ3) is 27.2. The molecule has 0 unspecified atom stereocenters. The van der Waals surface area contributed by atoms with Crippen molar-refractivity contribution in [2.24, 2.45) is 11.7 Å². The molecule has 3 aliphatic rings. The van der Waals surface area contributed by atoms with Crippen molar-refractivity contribution in [2.75, 3.05) is 26.2 Å². The van der Waals surface area contributed by atoms with Gasteiger partial charge in [0, 0.05) is 58.7 Å². The number of rotatable bonds is 39. The molecule has 0 aromatic heterocycles. The Morgan fingerprint density at radius 1 is 0.454 bits per heavy atom. The van der Waals surface area contributed by atoms with Gasteiger partial charge in [0.05, 0.1) is 18.8 Å². The molecule has 0 spiro atoms. The molecule has 5 rings (SSSR count). The van der Waals surface area contributed by atoms with E-state index in [0.29, 0.717) is 12.0 Å². The summed E-state index contributed by atoms with van der Waals surface area (Å²) in [7, 11) is 0. The molecule has 119 heavy (non-hydrogen) atoms. The van der Waals surface area contributed by atoms with Gasteiger partial charge in [-0.3, -0.25) is 81.5 Å². The molecule has 3 aliphatic heterocycles. The molecule has 2 aromatic rings. The lowest BCUT2D eigenvalue weighted by atomic mass is 9.94. The highest BCUT2D eigenvalue weighted by Crippen LogP contribution is 2.29. The number of carboxylic acids is 1. The Morgan fingerprint density at radius 3 is 1.30 bits per heavy atom. The van der Waals surface area contributed by atoms with Gasteiger partial charge < -0.3 is 105 Å². The van der Waals surface area contributed by atoms with Crippen LogP contribution >= 0.6 is 0 Å². The number of hydrogen-bond acceptors (Lipinski definition) is 20. The fraction of sp³-hybridized carbons (Fsp3) is 0.630. The summed E-state index contributed by atoms with van der Waals surface area (Å²) >= 11 is 0. The molecule has 10 atom stereocenters. The van der Waals surface area contributed by atoms with E-state index in [1.807, 2.05) is 0 Å². The molecule has 17 amide bonds. The fourth-order valence-electron chi connectivity index (χ4n) is 13.7. The van der Waals surface area contributed by atoms with Crippen molar-refractivity contribution in [3.63, 3.8) is 0 Å². The van der Waals surface area contributed by atoms with E-state index in [1.54, 1.807) is 74.5 Å². The van der Waals surface area contributed by atoms with Crippen molar-refractivity contribution in [3.05, 3.63) is 71.8 Å². The van der Waals surface area contributed by atoms with Crippen LogP contribution < -0.4 is 74.9 Å². The van der Waals surface area contributed by atoms with Crippen LogP contribution in [0.2, 0.25) is 0 Å². The normalized spacial score (nSPS) is 18.7. The van der Waals surface area contributed by atoms with E-state index in [4.69, 9.17) is 5.73 Å². The van der Waals surface area contributed by atoms with Crippen LogP contribution in [0.25, 0.3) is 0 Å². The Labute approximate surface area is 693 Å². The van der Waals surface area contributed by atoms with Gasteiger partial charge in [-0.2, -0.15) is 0 Å². The number of amides is 17. The number of carbonyl (C=O) groups excluding carboxylic acids is 17. The largest absolute Gasteiger partial charge is 0.480 e. The number of aliphatic carboxylic acids is 1. The van der Waals surface area contributed by atoms with Crippen LogP contribution in [0.4, 0.5) is 0 Å². The molecule has 0 bridgehead atoms. The van der Waals surface area contributed by atoms with E-state index in [2.05, 4.69) is 69.1 Å². The number of carbonyl (C=O) groups is 18. The van der Waals surface area contributed by atoms with Crippen molar-refractivity contribution < 1.29 is 102 Å². The number of β-amino-alcohol motifs (C(OH)–C–C–N with tert-alkyl or cyclic N) is 2. The van der Waals surface area contributed by atoms with Crippen molar-refractivity contribution in [1.82, 2.24) is 83.8 Å². The van der Waals surface area contributed by atoms with Gasteiger partial charge in [-0.15, -0.1) is 0 Å². The minimum atomic E-state index is -1.92. The maximum Gasteiger partial charge on any atom is 0.326 e. The van der Waals surface area contributed by atoms with Crippen LogP contribution in [-0.4, -0.2) is 261 Å². The average Bonchev–Trinajstić information content (AvgIpc) is 1.67.